The minimum atomic E-state index is -0.603. The Balaban J connectivity index is 2.06. The molecule has 1 aromatic carbocycles. The van der Waals surface area contributed by atoms with Gasteiger partial charge in [-0.2, -0.15) is 0 Å². The molecule has 4 nitrogen and oxygen atoms in total. The number of methoxy groups -OCH3 is 1. The smallest absolute Gasteiger partial charge is 0.140 e. The monoisotopic (exact) mass is 311 g/mol. The van der Waals surface area contributed by atoms with Crippen LogP contribution in [0.3, 0.4) is 0 Å². The summed E-state index contributed by atoms with van der Waals surface area (Å²) in [6, 6.07) is 2.64. The fourth-order valence-electron chi connectivity index (χ4n) is 1.66. The van der Waals surface area contributed by atoms with E-state index in [0.717, 1.165) is 11.8 Å². The highest BCUT2D eigenvalue weighted by molar-refractivity contribution is 7.99. The van der Waals surface area contributed by atoms with Crippen molar-refractivity contribution in [3.05, 3.63) is 47.9 Å². The number of hydrogen-bond acceptors (Lipinski definition) is 5. The summed E-state index contributed by atoms with van der Waals surface area (Å²) in [6.45, 7) is 1.55. The van der Waals surface area contributed by atoms with E-state index in [1.165, 1.54) is 30.7 Å². The van der Waals surface area contributed by atoms with Gasteiger partial charge in [0, 0.05) is 32.6 Å². The summed E-state index contributed by atoms with van der Waals surface area (Å²) in [4.78, 5) is 7.78. The molecule has 112 valence electrons. The zero-order valence-corrected chi connectivity index (χ0v) is 12.3. The maximum Gasteiger partial charge on any atom is 0.140 e. The summed E-state index contributed by atoms with van der Waals surface area (Å²) < 4.78 is 32.9. The first-order chi connectivity index (χ1) is 10.2. The molecule has 2 rings (SSSR count). The molecular formula is C14H15F2N3OS. The van der Waals surface area contributed by atoms with Crippen molar-refractivity contribution in [1.82, 2.24) is 15.3 Å². The Morgan fingerprint density at radius 1 is 1.24 bits per heavy atom. The van der Waals surface area contributed by atoms with Crippen LogP contribution in [0, 0.1) is 11.6 Å². The van der Waals surface area contributed by atoms with Gasteiger partial charge in [-0.25, -0.2) is 13.8 Å². The molecule has 0 aliphatic carbocycles. The van der Waals surface area contributed by atoms with Gasteiger partial charge in [0.1, 0.15) is 16.7 Å². The van der Waals surface area contributed by atoms with Crippen molar-refractivity contribution >= 4 is 11.8 Å². The van der Waals surface area contributed by atoms with Crippen molar-refractivity contribution in [1.29, 1.82) is 0 Å². The van der Waals surface area contributed by atoms with Gasteiger partial charge in [-0.1, -0.05) is 11.8 Å². The van der Waals surface area contributed by atoms with Crippen LogP contribution in [0.5, 0.6) is 0 Å². The van der Waals surface area contributed by atoms with Gasteiger partial charge in [0.25, 0.3) is 0 Å². The number of rotatable bonds is 7. The van der Waals surface area contributed by atoms with E-state index < -0.39 is 11.6 Å². The molecule has 0 fully saturated rings. The normalized spacial score (nSPS) is 10.8. The zero-order valence-electron chi connectivity index (χ0n) is 11.5. The number of halogens is 2. The zero-order chi connectivity index (χ0) is 15.1. The minimum absolute atomic E-state index is 0.0730. The summed E-state index contributed by atoms with van der Waals surface area (Å²) in [5.74, 6) is -1.21. The highest BCUT2D eigenvalue weighted by Gasteiger charge is 2.13. The molecule has 0 atom stereocenters. The van der Waals surface area contributed by atoms with Crippen LogP contribution in [0.4, 0.5) is 8.78 Å². The second-order valence-electron chi connectivity index (χ2n) is 4.20. The number of hydrogen-bond donors (Lipinski definition) is 1. The van der Waals surface area contributed by atoms with Crippen molar-refractivity contribution in [3.8, 4) is 0 Å². The quantitative estimate of drug-likeness (QED) is 0.797. The van der Waals surface area contributed by atoms with Gasteiger partial charge in [0.05, 0.1) is 17.7 Å². The van der Waals surface area contributed by atoms with E-state index in [1.807, 2.05) is 0 Å². The third-order valence-electron chi connectivity index (χ3n) is 2.62. The Morgan fingerprint density at radius 3 is 2.62 bits per heavy atom. The molecule has 0 aliphatic heterocycles. The molecule has 0 amide bonds. The number of ether oxygens (including phenoxy) is 1. The Labute approximate surface area is 126 Å². The van der Waals surface area contributed by atoms with Crippen molar-refractivity contribution in [2.45, 2.75) is 16.5 Å². The Morgan fingerprint density at radius 2 is 2.00 bits per heavy atom. The van der Waals surface area contributed by atoms with Gasteiger partial charge in [0.2, 0.25) is 0 Å². The van der Waals surface area contributed by atoms with Gasteiger partial charge in [-0.15, -0.1) is 0 Å². The Bertz CT molecular complexity index is 561. The third kappa shape index (κ3) is 4.73. The fourth-order valence-corrected chi connectivity index (χ4v) is 2.41. The van der Waals surface area contributed by atoms with E-state index in [0.29, 0.717) is 30.3 Å². The van der Waals surface area contributed by atoms with Crippen molar-refractivity contribution < 1.29 is 13.5 Å². The van der Waals surface area contributed by atoms with Gasteiger partial charge < -0.3 is 10.1 Å². The predicted octanol–water partition coefficient (Wildman–Crippen LogP) is 2.64. The first kappa shape index (κ1) is 15.8. The van der Waals surface area contributed by atoms with Crippen LogP contribution in [-0.4, -0.2) is 30.2 Å². The predicted molar refractivity (Wildman–Crippen MR) is 76.1 cm³/mol. The van der Waals surface area contributed by atoms with Gasteiger partial charge in [0.15, 0.2) is 0 Å². The lowest BCUT2D eigenvalue weighted by atomic mass is 10.2. The Kier molecular flexibility index (Phi) is 6.04. The molecular weight excluding hydrogens is 296 g/mol. The van der Waals surface area contributed by atoms with Gasteiger partial charge >= 0.3 is 0 Å². The Hall–Kier alpha value is -1.57. The lowest BCUT2D eigenvalue weighted by Gasteiger charge is -2.08. The molecule has 7 heteroatoms. The molecule has 1 heterocycles. The molecule has 21 heavy (non-hydrogen) atoms. The molecule has 0 saturated carbocycles. The van der Waals surface area contributed by atoms with Gasteiger partial charge in [-0.05, 0) is 17.7 Å². The molecule has 0 spiro atoms. The fraction of sp³-hybridized carbons (Fsp3) is 0.286. The summed E-state index contributed by atoms with van der Waals surface area (Å²) >= 11 is 0.917. The SMILES string of the molecule is COCCNCc1cc(F)c(Sc2cnccn2)c(F)c1. The van der Waals surface area contributed by atoms with E-state index in [1.54, 1.807) is 7.11 Å². The first-order valence-electron chi connectivity index (χ1n) is 6.32. The summed E-state index contributed by atoms with van der Waals surface area (Å²) in [5.41, 5.74) is 0.546. The maximum absolute atomic E-state index is 14.0. The van der Waals surface area contributed by atoms with Crippen molar-refractivity contribution in [2.75, 3.05) is 20.3 Å². The average molecular weight is 311 g/mol. The molecule has 0 radical (unpaired) electrons. The van der Waals surface area contributed by atoms with Crippen LogP contribution in [0.1, 0.15) is 5.56 Å². The van der Waals surface area contributed by atoms with Crippen LogP contribution in [0.25, 0.3) is 0 Å². The van der Waals surface area contributed by atoms with Crippen molar-refractivity contribution in [3.63, 3.8) is 0 Å². The molecule has 0 aliphatic rings. The van der Waals surface area contributed by atoms with E-state index in [4.69, 9.17) is 4.74 Å². The largest absolute Gasteiger partial charge is 0.383 e. The minimum Gasteiger partial charge on any atom is -0.383 e. The van der Waals surface area contributed by atoms with Gasteiger partial charge in [-0.3, -0.25) is 4.98 Å². The average Bonchev–Trinajstić information content (AvgIpc) is 2.48. The van der Waals surface area contributed by atoms with Crippen LogP contribution in [0.2, 0.25) is 0 Å². The van der Waals surface area contributed by atoms with E-state index in [2.05, 4.69) is 15.3 Å². The molecule has 1 aromatic heterocycles. The summed E-state index contributed by atoms with van der Waals surface area (Å²) in [6.07, 6.45) is 4.45. The lowest BCUT2D eigenvalue weighted by Crippen LogP contribution is -2.18. The highest BCUT2D eigenvalue weighted by atomic mass is 32.2. The number of benzene rings is 1. The molecule has 0 saturated heterocycles. The summed E-state index contributed by atoms with van der Waals surface area (Å²) in [5, 5.41) is 3.48. The van der Waals surface area contributed by atoms with Crippen LogP contribution >= 0.6 is 11.8 Å². The third-order valence-corrected chi connectivity index (χ3v) is 3.63. The van der Waals surface area contributed by atoms with Crippen LogP contribution < -0.4 is 5.32 Å². The molecule has 2 aromatic rings. The second-order valence-corrected chi connectivity index (χ2v) is 5.23. The second kappa shape index (κ2) is 8.02. The lowest BCUT2D eigenvalue weighted by molar-refractivity contribution is 0.199. The molecule has 0 bridgehead atoms. The number of nitrogens with zero attached hydrogens (tertiary/aromatic N) is 2. The topological polar surface area (TPSA) is 47.0 Å². The van der Waals surface area contributed by atoms with Crippen LogP contribution in [0.15, 0.2) is 40.6 Å². The number of aromatic nitrogens is 2. The molecule has 1 N–H and O–H groups in total. The van der Waals surface area contributed by atoms with Crippen LogP contribution in [-0.2, 0) is 11.3 Å². The van der Waals surface area contributed by atoms with Crippen molar-refractivity contribution in [2.24, 2.45) is 0 Å². The maximum atomic E-state index is 14.0. The first-order valence-corrected chi connectivity index (χ1v) is 7.14. The highest BCUT2D eigenvalue weighted by Crippen LogP contribution is 2.31. The standard InChI is InChI=1S/C14H15F2N3OS/c1-20-5-4-18-8-10-6-11(15)14(12(16)7-10)21-13-9-17-2-3-19-13/h2-3,6-7,9,18H,4-5,8H2,1H3. The van der Waals surface area contributed by atoms with E-state index in [-0.39, 0.29) is 4.90 Å². The van der Waals surface area contributed by atoms with E-state index in [9.17, 15) is 8.78 Å². The molecule has 0 unspecified atom stereocenters. The summed E-state index contributed by atoms with van der Waals surface area (Å²) in [7, 11) is 1.60. The number of nitrogens with one attached hydrogen (secondary N) is 1. The van der Waals surface area contributed by atoms with E-state index >= 15 is 0 Å².